The Morgan fingerprint density at radius 1 is 1.00 bits per heavy atom. The van der Waals surface area contributed by atoms with Crippen molar-refractivity contribution in [2.75, 3.05) is 5.32 Å². The van der Waals surface area contributed by atoms with Gasteiger partial charge in [-0.1, -0.05) is 0 Å². The Bertz CT molecular complexity index is 817. The average molecular weight is 345 g/mol. The van der Waals surface area contributed by atoms with Gasteiger partial charge in [-0.05, 0) is 36.4 Å². The molecule has 2 aromatic carbocycles. The van der Waals surface area contributed by atoms with Crippen LogP contribution in [0.15, 0.2) is 36.4 Å². The molecule has 4 nitrogen and oxygen atoms in total. The molecule has 0 aliphatic heterocycles. The summed E-state index contributed by atoms with van der Waals surface area (Å²) in [6, 6.07) is 3.90. The number of amides is 1. The fourth-order valence-corrected chi connectivity index (χ4v) is 1.89. The smallest absolute Gasteiger partial charge is 0.417 e. The number of nitrogens with one attached hydrogen (secondary N) is 1. The third kappa shape index (κ3) is 3.67. The van der Waals surface area contributed by atoms with E-state index in [0.717, 1.165) is 12.1 Å². The third-order valence-corrected chi connectivity index (χ3v) is 3.00. The molecule has 1 amide bonds. The van der Waals surface area contributed by atoms with E-state index in [1.807, 2.05) is 5.32 Å². The van der Waals surface area contributed by atoms with E-state index in [0.29, 0.717) is 18.2 Å². The topological polar surface area (TPSA) is 66.4 Å². The molecule has 0 aliphatic rings. The molecule has 0 atom stereocenters. The minimum absolute atomic E-state index is 0.152. The number of rotatable bonds is 3. The minimum atomic E-state index is -4.99. The normalized spacial score (nSPS) is 11.2. The maximum Gasteiger partial charge on any atom is 0.417 e. The van der Waals surface area contributed by atoms with Gasteiger partial charge in [0.15, 0.2) is 0 Å². The maximum atomic E-state index is 13.7. The van der Waals surface area contributed by atoms with Crippen molar-refractivity contribution in [2.45, 2.75) is 6.18 Å². The van der Waals surface area contributed by atoms with Crippen LogP contribution in [0.2, 0.25) is 0 Å². The number of anilines is 1. The van der Waals surface area contributed by atoms with Gasteiger partial charge in [-0.2, -0.15) is 13.2 Å². The lowest BCUT2D eigenvalue weighted by Crippen LogP contribution is -2.19. The number of alkyl halides is 3. The number of carboxylic acid groups (broad SMARTS) is 1. The first-order chi connectivity index (χ1) is 11.1. The van der Waals surface area contributed by atoms with Crippen LogP contribution in [0.25, 0.3) is 0 Å². The van der Waals surface area contributed by atoms with E-state index in [4.69, 9.17) is 5.11 Å². The van der Waals surface area contributed by atoms with Gasteiger partial charge >= 0.3 is 12.1 Å². The van der Waals surface area contributed by atoms with Crippen molar-refractivity contribution in [3.63, 3.8) is 0 Å². The molecule has 0 saturated carbocycles. The summed E-state index contributed by atoms with van der Waals surface area (Å²) in [5.41, 5.74) is -3.32. The SMILES string of the molecule is O=C(O)c1ccc(NC(=O)c2ccc(F)cc2C(F)(F)F)c(F)c1. The summed E-state index contributed by atoms with van der Waals surface area (Å²) in [6.45, 7) is 0. The Balaban J connectivity index is 2.36. The molecule has 2 aromatic rings. The highest BCUT2D eigenvalue weighted by Gasteiger charge is 2.35. The maximum absolute atomic E-state index is 13.7. The largest absolute Gasteiger partial charge is 0.478 e. The molecule has 24 heavy (non-hydrogen) atoms. The molecule has 0 aliphatic carbocycles. The lowest BCUT2D eigenvalue weighted by atomic mass is 10.1. The lowest BCUT2D eigenvalue weighted by molar-refractivity contribution is -0.138. The van der Waals surface area contributed by atoms with Gasteiger partial charge < -0.3 is 10.4 Å². The second-order valence-corrected chi connectivity index (χ2v) is 4.64. The zero-order chi connectivity index (χ0) is 18.1. The van der Waals surface area contributed by atoms with Crippen LogP contribution >= 0.6 is 0 Å². The first-order valence-corrected chi connectivity index (χ1v) is 6.30. The zero-order valence-corrected chi connectivity index (χ0v) is 11.6. The second-order valence-electron chi connectivity index (χ2n) is 4.64. The Labute approximate surface area is 131 Å². The summed E-state index contributed by atoms with van der Waals surface area (Å²) < 4.78 is 65.3. The highest BCUT2D eigenvalue weighted by atomic mass is 19.4. The number of carboxylic acids is 1. The van der Waals surface area contributed by atoms with Gasteiger partial charge in [-0.25, -0.2) is 13.6 Å². The summed E-state index contributed by atoms with van der Waals surface area (Å²) in [4.78, 5) is 22.6. The molecule has 0 fully saturated rings. The van der Waals surface area contributed by atoms with E-state index in [9.17, 15) is 31.5 Å². The molecule has 0 bridgehead atoms. The molecule has 0 aromatic heterocycles. The van der Waals surface area contributed by atoms with Crippen molar-refractivity contribution in [3.8, 4) is 0 Å². The van der Waals surface area contributed by atoms with Crippen LogP contribution in [0, 0.1) is 11.6 Å². The number of aromatic carboxylic acids is 1. The Hall–Kier alpha value is -2.97. The van der Waals surface area contributed by atoms with Gasteiger partial charge in [0.05, 0.1) is 22.4 Å². The van der Waals surface area contributed by atoms with Crippen LogP contribution in [-0.4, -0.2) is 17.0 Å². The van der Waals surface area contributed by atoms with Crippen molar-refractivity contribution in [1.29, 1.82) is 0 Å². The fraction of sp³-hybridized carbons (Fsp3) is 0.0667. The zero-order valence-electron chi connectivity index (χ0n) is 11.6. The molecule has 0 unspecified atom stereocenters. The number of halogens is 5. The summed E-state index contributed by atoms with van der Waals surface area (Å²) in [7, 11) is 0. The molecule has 0 spiro atoms. The van der Waals surface area contributed by atoms with Gasteiger partial charge in [-0.15, -0.1) is 0 Å². The lowest BCUT2D eigenvalue weighted by Gasteiger charge is -2.13. The standard InChI is InChI=1S/C15H8F5NO3/c16-8-2-3-9(10(6-8)15(18,19)20)13(22)21-12-4-1-7(14(23)24)5-11(12)17/h1-6H,(H,21,22)(H,23,24). The highest BCUT2D eigenvalue weighted by Crippen LogP contribution is 2.33. The van der Waals surface area contributed by atoms with E-state index < -0.39 is 52.1 Å². The van der Waals surface area contributed by atoms with Crippen LogP contribution in [0.1, 0.15) is 26.3 Å². The Morgan fingerprint density at radius 2 is 1.67 bits per heavy atom. The summed E-state index contributed by atoms with van der Waals surface area (Å²) >= 11 is 0. The van der Waals surface area contributed by atoms with Crippen LogP contribution < -0.4 is 5.32 Å². The van der Waals surface area contributed by atoms with Gasteiger partial charge in [-0.3, -0.25) is 4.79 Å². The number of hydrogen-bond donors (Lipinski definition) is 2. The van der Waals surface area contributed by atoms with E-state index in [-0.39, 0.29) is 6.07 Å². The predicted molar refractivity (Wildman–Crippen MR) is 72.7 cm³/mol. The Morgan fingerprint density at radius 3 is 2.21 bits per heavy atom. The van der Waals surface area contributed by atoms with Crippen LogP contribution in [0.4, 0.5) is 27.6 Å². The van der Waals surface area contributed by atoms with E-state index in [2.05, 4.69) is 0 Å². The quantitative estimate of drug-likeness (QED) is 0.829. The van der Waals surface area contributed by atoms with Crippen molar-refractivity contribution in [2.24, 2.45) is 0 Å². The fourth-order valence-electron chi connectivity index (χ4n) is 1.89. The Kier molecular flexibility index (Phi) is 4.54. The third-order valence-electron chi connectivity index (χ3n) is 3.00. The summed E-state index contributed by atoms with van der Waals surface area (Å²) in [5.74, 6) is -5.05. The molecule has 126 valence electrons. The average Bonchev–Trinajstić information content (AvgIpc) is 2.48. The van der Waals surface area contributed by atoms with Gasteiger partial charge in [0, 0.05) is 0 Å². The minimum Gasteiger partial charge on any atom is -0.478 e. The van der Waals surface area contributed by atoms with Gasteiger partial charge in [0.25, 0.3) is 5.91 Å². The van der Waals surface area contributed by atoms with Crippen LogP contribution in [0.5, 0.6) is 0 Å². The summed E-state index contributed by atoms with van der Waals surface area (Å²) in [6.07, 6.45) is -4.99. The number of carbonyl (C=O) groups is 2. The second kappa shape index (κ2) is 6.26. The molecule has 0 radical (unpaired) electrons. The molecule has 0 saturated heterocycles. The first kappa shape index (κ1) is 17.4. The molecular formula is C15H8F5NO3. The van der Waals surface area contributed by atoms with Crippen LogP contribution in [-0.2, 0) is 6.18 Å². The van der Waals surface area contributed by atoms with E-state index in [1.54, 1.807) is 0 Å². The van der Waals surface area contributed by atoms with Crippen molar-refractivity contribution >= 4 is 17.6 Å². The van der Waals surface area contributed by atoms with Crippen molar-refractivity contribution < 1.29 is 36.6 Å². The summed E-state index contributed by atoms with van der Waals surface area (Å²) in [5, 5.41) is 10.6. The molecular weight excluding hydrogens is 337 g/mol. The van der Waals surface area contributed by atoms with Gasteiger partial charge in [0.1, 0.15) is 11.6 Å². The molecule has 2 rings (SSSR count). The predicted octanol–water partition coefficient (Wildman–Crippen LogP) is 3.93. The van der Waals surface area contributed by atoms with Crippen molar-refractivity contribution in [3.05, 3.63) is 64.7 Å². The first-order valence-electron chi connectivity index (χ1n) is 6.30. The van der Waals surface area contributed by atoms with Crippen molar-refractivity contribution in [1.82, 2.24) is 0 Å². The molecule has 0 heterocycles. The van der Waals surface area contributed by atoms with Gasteiger partial charge in [0.2, 0.25) is 0 Å². The highest BCUT2D eigenvalue weighted by molar-refractivity contribution is 6.05. The monoisotopic (exact) mass is 345 g/mol. The molecule has 2 N–H and O–H groups in total. The number of carbonyl (C=O) groups excluding carboxylic acids is 1. The van der Waals surface area contributed by atoms with Crippen LogP contribution in [0.3, 0.4) is 0 Å². The number of benzene rings is 2. The number of hydrogen-bond acceptors (Lipinski definition) is 2. The van der Waals surface area contributed by atoms with E-state index in [1.165, 1.54) is 0 Å². The van der Waals surface area contributed by atoms with E-state index >= 15 is 0 Å². The molecule has 9 heteroatoms.